The fourth-order valence-corrected chi connectivity index (χ4v) is 3.83. The van der Waals surface area contributed by atoms with Gasteiger partial charge >= 0.3 is 6.18 Å². The highest BCUT2D eigenvalue weighted by Gasteiger charge is 2.45. The minimum atomic E-state index is -5.12. The molecule has 190 valence electrons. The number of alkyl halides is 3. The molecule has 2 rings (SSSR count). The first-order valence-electron chi connectivity index (χ1n) is 10.7. The van der Waals surface area contributed by atoms with Gasteiger partial charge in [-0.3, -0.25) is 14.4 Å². The summed E-state index contributed by atoms with van der Waals surface area (Å²) < 4.78 is 39.1. The van der Waals surface area contributed by atoms with Crippen molar-refractivity contribution in [1.82, 2.24) is 10.6 Å². The molecule has 35 heavy (non-hydrogen) atoms. The van der Waals surface area contributed by atoms with E-state index in [4.69, 9.17) is 34.8 Å². The molecule has 0 aliphatic heterocycles. The van der Waals surface area contributed by atoms with Gasteiger partial charge in [0, 0.05) is 17.9 Å². The van der Waals surface area contributed by atoms with E-state index in [0.717, 1.165) is 5.56 Å². The normalized spacial score (nSPS) is 13.3. The highest BCUT2D eigenvalue weighted by molar-refractivity contribution is 6.42. The molecule has 2 aromatic carbocycles. The van der Waals surface area contributed by atoms with Gasteiger partial charge in [0.25, 0.3) is 5.78 Å². The molecular formula is C24H24Cl3F3N2O3. The van der Waals surface area contributed by atoms with Gasteiger partial charge in [-0.05, 0) is 47.7 Å². The number of ketones is 1. The molecule has 0 aromatic heterocycles. The van der Waals surface area contributed by atoms with Gasteiger partial charge in [0.2, 0.25) is 11.8 Å². The summed E-state index contributed by atoms with van der Waals surface area (Å²) >= 11 is 17.9. The van der Waals surface area contributed by atoms with Gasteiger partial charge < -0.3 is 10.6 Å². The molecule has 0 saturated heterocycles. The molecule has 0 unspecified atom stereocenters. The van der Waals surface area contributed by atoms with Gasteiger partial charge in [0.15, 0.2) is 0 Å². The molecule has 2 N–H and O–H groups in total. The first-order valence-corrected chi connectivity index (χ1v) is 11.8. The molecular weight excluding hydrogens is 528 g/mol. The number of hydrogen-bond donors (Lipinski definition) is 2. The van der Waals surface area contributed by atoms with Crippen molar-refractivity contribution in [3.63, 3.8) is 0 Å². The minimum absolute atomic E-state index is 0.0215. The van der Waals surface area contributed by atoms with Gasteiger partial charge in [-0.1, -0.05) is 66.8 Å². The lowest BCUT2D eigenvalue weighted by atomic mass is 9.98. The molecule has 0 aliphatic carbocycles. The molecule has 0 heterocycles. The number of benzene rings is 2. The summed E-state index contributed by atoms with van der Waals surface area (Å²) in [5.41, 5.74) is 1.31. The second-order valence-corrected chi connectivity index (χ2v) is 9.55. The van der Waals surface area contributed by atoms with Crippen LogP contribution in [0.3, 0.4) is 0 Å². The maximum Gasteiger partial charge on any atom is 0.452 e. The molecule has 0 radical (unpaired) electrons. The Bertz CT molecular complexity index is 1080. The topological polar surface area (TPSA) is 75.3 Å². The van der Waals surface area contributed by atoms with Gasteiger partial charge in [-0.2, -0.15) is 13.2 Å². The van der Waals surface area contributed by atoms with Gasteiger partial charge in [0.05, 0.1) is 16.1 Å². The summed E-state index contributed by atoms with van der Waals surface area (Å²) in [5.74, 6) is -4.32. The van der Waals surface area contributed by atoms with E-state index in [9.17, 15) is 27.6 Å². The summed E-state index contributed by atoms with van der Waals surface area (Å²) in [5, 5.41) is 5.81. The predicted molar refractivity (Wildman–Crippen MR) is 130 cm³/mol. The smallest absolute Gasteiger partial charge is 0.344 e. The number of halogens is 6. The monoisotopic (exact) mass is 550 g/mol. The summed E-state index contributed by atoms with van der Waals surface area (Å²) in [7, 11) is 0. The van der Waals surface area contributed by atoms with E-state index in [1.165, 1.54) is 13.8 Å². The lowest BCUT2D eigenvalue weighted by Crippen LogP contribution is -2.56. The molecule has 0 fully saturated rings. The number of hydrogen-bond acceptors (Lipinski definition) is 3. The van der Waals surface area contributed by atoms with Crippen LogP contribution in [0.5, 0.6) is 0 Å². The molecule has 11 heteroatoms. The zero-order valence-electron chi connectivity index (χ0n) is 18.9. The van der Waals surface area contributed by atoms with E-state index in [1.807, 2.05) is 0 Å². The van der Waals surface area contributed by atoms with Crippen LogP contribution in [0.4, 0.5) is 13.2 Å². The van der Waals surface area contributed by atoms with E-state index < -0.39 is 41.8 Å². The van der Waals surface area contributed by atoms with Crippen LogP contribution in [0.25, 0.3) is 0 Å². The Hall–Kier alpha value is -2.29. The zero-order valence-corrected chi connectivity index (χ0v) is 21.2. The van der Waals surface area contributed by atoms with Crippen LogP contribution >= 0.6 is 34.8 Å². The van der Waals surface area contributed by atoms with Crippen molar-refractivity contribution in [3.05, 3.63) is 68.7 Å². The van der Waals surface area contributed by atoms with Crippen LogP contribution in [0.2, 0.25) is 15.1 Å². The van der Waals surface area contributed by atoms with Crippen molar-refractivity contribution in [3.8, 4) is 0 Å². The molecule has 0 aliphatic rings. The van der Waals surface area contributed by atoms with Gasteiger partial charge in [-0.25, -0.2) is 0 Å². The summed E-state index contributed by atoms with van der Waals surface area (Å²) in [6, 6.07) is 8.37. The fraction of sp³-hybridized carbons (Fsp3) is 0.375. The Balaban J connectivity index is 2.18. The molecule has 0 saturated carbocycles. The third-order valence-corrected chi connectivity index (χ3v) is 6.11. The Morgan fingerprint density at radius 1 is 0.914 bits per heavy atom. The summed E-state index contributed by atoms with van der Waals surface area (Å²) in [4.78, 5) is 37.4. The molecule has 2 aromatic rings. The first-order chi connectivity index (χ1) is 16.3. The lowest BCUT2D eigenvalue weighted by Gasteiger charge is -2.26. The van der Waals surface area contributed by atoms with Crippen molar-refractivity contribution in [1.29, 1.82) is 0 Å². The van der Waals surface area contributed by atoms with Crippen LogP contribution in [0.1, 0.15) is 31.4 Å². The van der Waals surface area contributed by atoms with E-state index >= 15 is 0 Å². The van der Waals surface area contributed by atoms with Crippen molar-refractivity contribution in [2.75, 3.05) is 0 Å². The van der Waals surface area contributed by atoms with E-state index in [1.54, 1.807) is 42.5 Å². The predicted octanol–water partition coefficient (Wildman–Crippen LogP) is 5.58. The molecule has 5 nitrogen and oxygen atoms in total. The second-order valence-electron chi connectivity index (χ2n) is 8.29. The van der Waals surface area contributed by atoms with Crippen molar-refractivity contribution in [2.45, 2.75) is 51.4 Å². The van der Waals surface area contributed by atoms with Crippen LogP contribution in [0.15, 0.2) is 42.5 Å². The quantitative estimate of drug-likeness (QED) is 0.405. The van der Waals surface area contributed by atoms with Crippen LogP contribution in [-0.2, 0) is 27.2 Å². The van der Waals surface area contributed by atoms with Crippen molar-refractivity contribution >= 4 is 52.4 Å². The van der Waals surface area contributed by atoms with Crippen molar-refractivity contribution in [2.24, 2.45) is 5.92 Å². The fourth-order valence-electron chi connectivity index (χ4n) is 3.29. The number of amides is 2. The Morgan fingerprint density at radius 2 is 1.60 bits per heavy atom. The maximum absolute atomic E-state index is 13.0. The highest BCUT2D eigenvalue weighted by atomic mass is 35.5. The third kappa shape index (κ3) is 9.02. The van der Waals surface area contributed by atoms with Gasteiger partial charge in [0.1, 0.15) is 6.04 Å². The van der Waals surface area contributed by atoms with E-state index in [0.29, 0.717) is 20.6 Å². The number of Topliss-reactive ketones (excluding diaryl/α,β-unsaturated/α-hetero) is 1. The van der Waals surface area contributed by atoms with E-state index in [2.05, 4.69) is 10.6 Å². The molecule has 0 spiro atoms. The van der Waals surface area contributed by atoms with Crippen LogP contribution in [0, 0.1) is 5.92 Å². The second kappa shape index (κ2) is 12.6. The Kier molecular flexibility index (Phi) is 10.4. The largest absolute Gasteiger partial charge is 0.452 e. The lowest BCUT2D eigenvalue weighted by molar-refractivity contribution is -0.175. The maximum atomic E-state index is 13.0. The number of carbonyl (C=O) groups is 3. The summed E-state index contributed by atoms with van der Waals surface area (Å²) in [6.45, 7) is 2.77. The Labute approximate surface area is 216 Å². The van der Waals surface area contributed by atoms with E-state index in [-0.39, 0.29) is 19.3 Å². The van der Waals surface area contributed by atoms with Crippen LogP contribution < -0.4 is 10.6 Å². The molecule has 0 bridgehead atoms. The highest BCUT2D eigenvalue weighted by Crippen LogP contribution is 2.23. The number of carbonyl (C=O) groups excluding carboxylic acids is 3. The average Bonchev–Trinajstić information content (AvgIpc) is 2.76. The average molecular weight is 552 g/mol. The number of rotatable bonds is 10. The number of aryl methyl sites for hydroxylation is 1. The summed E-state index contributed by atoms with van der Waals surface area (Å²) in [6.07, 6.45) is -4.90. The Morgan fingerprint density at radius 3 is 2.17 bits per heavy atom. The minimum Gasteiger partial charge on any atom is -0.344 e. The SMILES string of the molecule is CC(C)[C@H](NC(=O)[C@H](Cc1cccc(Cl)c1)NC(=O)CCc1ccc(Cl)c(Cl)c1)C(=O)C(F)(F)F. The zero-order chi connectivity index (χ0) is 26.3. The number of nitrogens with one attached hydrogen (secondary N) is 2. The first kappa shape index (κ1) is 28.9. The van der Waals surface area contributed by atoms with Crippen LogP contribution in [-0.4, -0.2) is 35.9 Å². The third-order valence-electron chi connectivity index (χ3n) is 5.13. The molecule has 2 amide bonds. The standard InChI is InChI=1S/C24H24Cl3F3N2O3/c1-13(2)21(22(34)24(28,29)30)32-23(35)19(12-15-4-3-5-16(25)10-15)31-20(33)9-7-14-6-8-17(26)18(27)11-14/h3-6,8,10-11,13,19,21H,7,9,12H2,1-2H3,(H,31,33)(H,32,35)/t19-,21-/m0/s1. The van der Waals surface area contributed by atoms with Crippen molar-refractivity contribution < 1.29 is 27.6 Å². The molecule has 2 atom stereocenters. The van der Waals surface area contributed by atoms with Gasteiger partial charge in [-0.15, -0.1) is 0 Å².